The number of carbonyl (C=O) groups excluding carboxylic acids is 2. The van der Waals surface area contributed by atoms with Crippen molar-refractivity contribution in [1.29, 1.82) is 5.26 Å². The highest BCUT2D eigenvalue weighted by Crippen LogP contribution is 2.46. The molecule has 0 radical (unpaired) electrons. The Kier molecular flexibility index (Phi) is 11.8. The van der Waals surface area contributed by atoms with Gasteiger partial charge < -0.3 is 44.3 Å². The van der Waals surface area contributed by atoms with Gasteiger partial charge in [0, 0.05) is 70.6 Å². The minimum Gasteiger partial charge on any atom is -0.486 e. The van der Waals surface area contributed by atoms with Gasteiger partial charge in [-0.05, 0) is 87.3 Å². The van der Waals surface area contributed by atoms with Gasteiger partial charge in [-0.15, -0.1) is 11.3 Å². The summed E-state index contributed by atoms with van der Waals surface area (Å²) in [7, 11) is 2.02. The number of aliphatic hydroxyl groups excluding tert-OH is 1. The third-order valence-electron chi connectivity index (χ3n) is 14.5. The van der Waals surface area contributed by atoms with Crippen LogP contribution >= 0.6 is 22.9 Å². The minimum absolute atomic E-state index is 0.0122. The van der Waals surface area contributed by atoms with Crippen molar-refractivity contribution >= 4 is 77.5 Å². The topological polar surface area (TPSA) is 202 Å². The van der Waals surface area contributed by atoms with Gasteiger partial charge in [0.25, 0.3) is 11.5 Å². The lowest BCUT2D eigenvalue weighted by Gasteiger charge is -2.36. The first-order chi connectivity index (χ1) is 34.6. The Balaban J connectivity index is 0.835. The molecule has 0 aliphatic carbocycles. The molecule has 0 spiro atoms. The van der Waals surface area contributed by atoms with E-state index in [0.717, 1.165) is 47.2 Å². The standard InChI is InChI=1S/C52H46ClF2N9O7S/c1-5-28-30-17-27(8-11-38(30)58-43-34(28)21-64-39(43)19-31-35(50(64)67)23-69-51(68)45(31)65)71-25(3)24(2)49(66)63-15-13-62(14-16-63)48-32-18-36(53)41(29-9-10-37(54)46-40(29)33(20-56)47(57)72-46)42(55)44(32)59-52(60-48)70-22-26-7-6-12-61(26)4/h8-11,17-19,25-26,45,65H,2,5-7,12-16,21-23,57H2,1,3-4H3. The van der Waals surface area contributed by atoms with Gasteiger partial charge >= 0.3 is 12.0 Å². The number of hydrogen-bond donors (Lipinski definition) is 2. The van der Waals surface area contributed by atoms with Crippen molar-refractivity contribution in [1.82, 2.24) is 29.3 Å². The molecular weight excluding hydrogens is 968 g/mol. The van der Waals surface area contributed by atoms with Crippen LogP contribution in [0.3, 0.4) is 0 Å². The lowest BCUT2D eigenvalue weighted by atomic mass is 9.97. The number of cyclic esters (lactones) is 1. The molecule has 4 aromatic heterocycles. The molecule has 4 aliphatic rings. The third-order valence-corrected chi connectivity index (χ3v) is 15.8. The number of benzene rings is 3. The SMILES string of the molecule is C=C(C(=O)N1CCN(c2nc(OCC3CCCN3C)nc3c(F)c(-c4ccc(F)c5sc(N)c(C#N)c45)c(Cl)cc23)CC1)C(C)Oc1ccc2nc3c(c(CC)c2c1)Cn1c-3cc2c(c1=O)COC(=O)C2O. The number of aliphatic hydroxyl groups is 1. The lowest BCUT2D eigenvalue weighted by molar-refractivity contribution is -0.157. The molecule has 2 saturated heterocycles. The number of ether oxygens (including phenoxy) is 3. The summed E-state index contributed by atoms with van der Waals surface area (Å²) in [5.74, 6) is -1.66. The van der Waals surface area contributed by atoms with E-state index in [4.69, 9.17) is 41.5 Å². The summed E-state index contributed by atoms with van der Waals surface area (Å²) >= 11 is 7.84. The zero-order valence-corrected chi connectivity index (χ0v) is 40.9. The molecule has 2 fully saturated rings. The number of pyridine rings is 2. The Labute approximate surface area is 419 Å². The number of rotatable bonds is 10. The number of amides is 1. The molecule has 0 bridgehead atoms. The van der Waals surface area contributed by atoms with Gasteiger partial charge in [0.15, 0.2) is 11.9 Å². The molecule has 4 aliphatic heterocycles. The molecule has 7 aromatic rings. The van der Waals surface area contributed by atoms with Crippen molar-refractivity contribution in [2.45, 2.75) is 64.5 Å². The molecule has 3 unspecified atom stereocenters. The van der Waals surface area contributed by atoms with Crippen LogP contribution in [0.4, 0.5) is 19.6 Å². The molecule has 16 nitrogen and oxygen atoms in total. The molecule has 3 atom stereocenters. The number of esters is 1. The van der Waals surface area contributed by atoms with Crippen LogP contribution in [0.1, 0.15) is 60.6 Å². The van der Waals surface area contributed by atoms with Gasteiger partial charge in [0.2, 0.25) is 0 Å². The largest absolute Gasteiger partial charge is 0.486 e. The van der Waals surface area contributed by atoms with Crippen molar-refractivity contribution in [3.63, 3.8) is 0 Å². The second kappa shape index (κ2) is 18.1. The molecule has 11 rings (SSSR count). The number of carbonyl (C=O) groups is 2. The van der Waals surface area contributed by atoms with E-state index >= 15 is 8.78 Å². The maximum Gasteiger partial charge on any atom is 0.340 e. The minimum atomic E-state index is -1.55. The van der Waals surface area contributed by atoms with Crippen LogP contribution in [-0.4, -0.2) is 105 Å². The molecule has 3 aromatic carbocycles. The molecule has 72 heavy (non-hydrogen) atoms. The average molecular weight is 1010 g/mol. The first-order valence-corrected chi connectivity index (χ1v) is 24.8. The van der Waals surface area contributed by atoms with Gasteiger partial charge in [0.05, 0.1) is 44.3 Å². The fourth-order valence-electron chi connectivity index (χ4n) is 10.5. The summed E-state index contributed by atoms with van der Waals surface area (Å²) in [6.07, 6.45) is 0.257. The zero-order valence-electron chi connectivity index (χ0n) is 39.4. The summed E-state index contributed by atoms with van der Waals surface area (Å²) in [5.41, 5.74) is 10.2. The quantitative estimate of drug-likeness (QED) is 0.101. The van der Waals surface area contributed by atoms with E-state index in [2.05, 4.69) is 16.5 Å². The summed E-state index contributed by atoms with van der Waals surface area (Å²) < 4.78 is 51.6. The molecule has 8 heterocycles. The number of halogens is 3. The van der Waals surface area contributed by atoms with Crippen LogP contribution in [-0.2, 0) is 33.9 Å². The van der Waals surface area contributed by atoms with Crippen molar-refractivity contribution in [2.75, 3.05) is 57.0 Å². The fraction of sp³-hybridized carbons (Fsp3) is 0.327. The van der Waals surface area contributed by atoms with E-state index in [1.807, 2.05) is 37.1 Å². The summed E-state index contributed by atoms with van der Waals surface area (Å²) in [6, 6.07) is 13.4. The highest BCUT2D eigenvalue weighted by Gasteiger charge is 2.36. The van der Waals surface area contributed by atoms with Gasteiger partial charge in [-0.25, -0.2) is 18.6 Å². The smallest absolute Gasteiger partial charge is 0.340 e. The normalized spacial score (nSPS) is 18.0. The summed E-state index contributed by atoms with van der Waals surface area (Å²) in [4.78, 5) is 60.0. The number of likely N-dealkylation sites (tertiary alicyclic amines) is 1. The number of nitrogen functional groups attached to an aromatic ring is 1. The monoisotopic (exact) mass is 1010 g/mol. The maximum absolute atomic E-state index is 17.2. The molecule has 20 heteroatoms. The van der Waals surface area contributed by atoms with Gasteiger partial charge in [0.1, 0.15) is 53.3 Å². The number of hydrogen-bond acceptors (Lipinski definition) is 15. The number of piperazine rings is 1. The number of likely N-dealkylation sites (N-methyl/N-ethyl adjacent to an activating group) is 1. The van der Waals surface area contributed by atoms with Crippen LogP contribution in [0, 0.1) is 23.0 Å². The second-order valence-electron chi connectivity index (χ2n) is 18.5. The maximum atomic E-state index is 17.2. The number of anilines is 2. The van der Waals surface area contributed by atoms with Crippen molar-refractivity contribution in [3.8, 4) is 40.3 Å². The molecule has 0 saturated carbocycles. The van der Waals surface area contributed by atoms with E-state index in [0.29, 0.717) is 53.4 Å². The third kappa shape index (κ3) is 7.66. The summed E-state index contributed by atoms with van der Waals surface area (Å²) in [6.45, 7) is 10.3. The number of aryl methyl sites for hydroxylation is 1. The fourth-order valence-corrected chi connectivity index (χ4v) is 11.8. The van der Waals surface area contributed by atoms with E-state index in [1.54, 1.807) is 34.6 Å². The Morgan fingerprint density at radius 1 is 1.08 bits per heavy atom. The molecule has 368 valence electrons. The lowest BCUT2D eigenvalue weighted by Crippen LogP contribution is -2.50. The van der Waals surface area contributed by atoms with Crippen LogP contribution in [0.2, 0.25) is 5.02 Å². The Bertz CT molecular complexity index is 3610. The number of aromatic nitrogens is 4. The van der Waals surface area contributed by atoms with Crippen LogP contribution in [0.5, 0.6) is 11.8 Å². The number of thiophene rings is 1. The van der Waals surface area contributed by atoms with Crippen molar-refractivity contribution in [2.24, 2.45) is 0 Å². The van der Waals surface area contributed by atoms with E-state index in [-0.39, 0.29) is 115 Å². The van der Waals surface area contributed by atoms with Crippen LogP contribution in [0.15, 0.2) is 59.4 Å². The number of nitriles is 1. The second-order valence-corrected chi connectivity index (χ2v) is 20.0. The average Bonchev–Trinajstić information content (AvgIpc) is 4.08. The molecule has 3 N–H and O–H groups in total. The summed E-state index contributed by atoms with van der Waals surface area (Å²) in [5, 5.41) is 21.9. The van der Waals surface area contributed by atoms with E-state index in [1.165, 1.54) is 12.1 Å². The van der Waals surface area contributed by atoms with Crippen molar-refractivity contribution in [3.05, 3.63) is 109 Å². The Hall–Kier alpha value is -7.24. The van der Waals surface area contributed by atoms with Crippen LogP contribution < -0.4 is 25.7 Å². The van der Waals surface area contributed by atoms with Gasteiger partial charge in [-0.1, -0.05) is 31.2 Å². The highest BCUT2D eigenvalue weighted by molar-refractivity contribution is 7.23. The first kappa shape index (κ1) is 47.1. The number of fused-ring (bicyclic) bond motifs is 7. The zero-order chi connectivity index (χ0) is 50.4. The van der Waals surface area contributed by atoms with E-state index in [9.17, 15) is 24.8 Å². The first-order valence-electron chi connectivity index (χ1n) is 23.6. The Morgan fingerprint density at radius 3 is 2.61 bits per heavy atom. The number of nitrogens with zero attached hydrogens (tertiary/aromatic N) is 8. The number of nitrogens with two attached hydrogens (primary N) is 1. The Morgan fingerprint density at radius 2 is 1.88 bits per heavy atom. The molecular formula is C52H46ClF2N9O7S. The highest BCUT2D eigenvalue weighted by atomic mass is 35.5. The van der Waals surface area contributed by atoms with Gasteiger partial charge in [-0.2, -0.15) is 15.2 Å². The van der Waals surface area contributed by atoms with Crippen molar-refractivity contribution < 1.29 is 37.7 Å². The van der Waals surface area contributed by atoms with Gasteiger partial charge in [-0.3, -0.25) is 9.59 Å². The van der Waals surface area contributed by atoms with E-state index < -0.39 is 29.8 Å². The molecule has 1 amide bonds. The predicted molar refractivity (Wildman–Crippen MR) is 268 cm³/mol. The van der Waals surface area contributed by atoms with Crippen LogP contribution in [0.25, 0.3) is 54.4 Å². The predicted octanol–water partition coefficient (Wildman–Crippen LogP) is 7.43.